The summed E-state index contributed by atoms with van der Waals surface area (Å²) in [4.78, 5) is 15.1. The number of benzene rings is 2. The molecule has 2 nitrogen and oxygen atoms in total. The lowest BCUT2D eigenvalue weighted by molar-refractivity contribution is 0.112. The van der Waals surface area contributed by atoms with Crippen molar-refractivity contribution < 1.29 is 9.18 Å². The predicted octanol–water partition coefficient (Wildman–Crippen LogP) is 4.42. The van der Waals surface area contributed by atoms with Gasteiger partial charge in [-0.25, -0.2) is 9.37 Å². The van der Waals surface area contributed by atoms with E-state index >= 15 is 0 Å². The van der Waals surface area contributed by atoms with E-state index in [4.69, 9.17) is 0 Å². The largest absolute Gasteiger partial charge is 0.298 e. The van der Waals surface area contributed by atoms with Crippen LogP contribution >= 0.6 is 11.3 Å². The van der Waals surface area contributed by atoms with Crippen LogP contribution in [0.3, 0.4) is 0 Å². The van der Waals surface area contributed by atoms with E-state index in [2.05, 4.69) is 4.98 Å². The maximum atomic E-state index is 13.1. The van der Waals surface area contributed by atoms with Gasteiger partial charge in [0.1, 0.15) is 17.1 Å². The monoisotopic (exact) mass is 283 g/mol. The zero-order valence-corrected chi connectivity index (χ0v) is 11.2. The number of hydrogen-bond donors (Lipinski definition) is 0. The highest BCUT2D eigenvalue weighted by Crippen LogP contribution is 2.24. The minimum absolute atomic E-state index is 0.281. The summed E-state index contributed by atoms with van der Waals surface area (Å²) in [7, 11) is 0. The third-order valence-corrected chi connectivity index (χ3v) is 3.83. The van der Waals surface area contributed by atoms with E-state index in [1.165, 1.54) is 23.5 Å². The molecule has 0 unspecified atom stereocenters. The third-order valence-electron chi connectivity index (χ3n) is 2.83. The first-order valence-electron chi connectivity index (χ1n) is 6.04. The molecule has 98 valence electrons. The Bertz CT molecular complexity index is 807. The van der Waals surface area contributed by atoms with Crippen LogP contribution in [0.5, 0.6) is 0 Å². The molecule has 0 saturated carbocycles. The Kier molecular flexibility index (Phi) is 3.39. The minimum atomic E-state index is -0.281. The van der Waals surface area contributed by atoms with Gasteiger partial charge in [-0.3, -0.25) is 4.79 Å². The van der Waals surface area contributed by atoms with Gasteiger partial charge in [-0.2, -0.15) is 0 Å². The lowest BCUT2D eigenvalue weighted by atomic mass is 10.1. The van der Waals surface area contributed by atoms with Crippen LogP contribution in [-0.4, -0.2) is 11.3 Å². The molecule has 4 heteroatoms. The van der Waals surface area contributed by atoms with Crippen molar-refractivity contribution in [1.29, 1.82) is 0 Å². The quantitative estimate of drug-likeness (QED) is 0.666. The number of carbonyl (C=O) groups is 1. The summed E-state index contributed by atoms with van der Waals surface area (Å²) in [6.45, 7) is 0. The molecule has 0 N–H and O–H groups in total. The van der Waals surface area contributed by atoms with Gasteiger partial charge in [0.25, 0.3) is 0 Å². The van der Waals surface area contributed by atoms with Crippen molar-refractivity contribution in [2.24, 2.45) is 0 Å². The normalized spacial score (nSPS) is 11.2. The number of halogens is 1. The van der Waals surface area contributed by atoms with Gasteiger partial charge in [-0.15, -0.1) is 11.3 Å². The first-order chi connectivity index (χ1) is 9.74. The van der Waals surface area contributed by atoms with Crippen LogP contribution in [-0.2, 0) is 0 Å². The number of hydrogen-bond acceptors (Lipinski definition) is 3. The van der Waals surface area contributed by atoms with Crippen LogP contribution in [0.1, 0.15) is 20.9 Å². The number of aldehydes is 1. The fourth-order valence-electron chi connectivity index (χ4n) is 1.89. The van der Waals surface area contributed by atoms with Crippen LogP contribution in [0.2, 0.25) is 0 Å². The van der Waals surface area contributed by atoms with E-state index in [0.29, 0.717) is 11.1 Å². The Morgan fingerprint density at radius 3 is 2.75 bits per heavy atom. The van der Waals surface area contributed by atoms with E-state index in [1.54, 1.807) is 18.2 Å². The molecule has 0 atom stereocenters. The molecular weight excluding hydrogens is 273 g/mol. The molecule has 3 rings (SSSR count). The molecule has 3 aromatic rings. The standard InChI is InChI=1S/C16H10FNOS/c17-13-5-6-15-14(9-13)18-16(20-15)7-4-11-2-1-3-12(8-11)10-19/h1-10H. The molecule has 0 aliphatic rings. The third kappa shape index (κ3) is 2.65. The Morgan fingerprint density at radius 2 is 1.90 bits per heavy atom. The van der Waals surface area contributed by atoms with E-state index in [-0.39, 0.29) is 5.82 Å². The van der Waals surface area contributed by atoms with Crippen molar-refractivity contribution in [1.82, 2.24) is 4.98 Å². The molecule has 0 radical (unpaired) electrons. The predicted molar refractivity (Wildman–Crippen MR) is 80.3 cm³/mol. The SMILES string of the molecule is O=Cc1cccc(C=Cc2nc3cc(F)ccc3s2)c1. The summed E-state index contributed by atoms with van der Waals surface area (Å²) in [5, 5.41) is 0.808. The second-order valence-electron chi connectivity index (χ2n) is 4.29. The average molecular weight is 283 g/mol. The fraction of sp³-hybridized carbons (Fsp3) is 0. The number of carbonyl (C=O) groups excluding carboxylic acids is 1. The number of thiazole rings is 1. The van der Waals surface area contributed by atoms with Crippen LogP contribution < -0.4 is 0 Å². The average Bonchev–Trinajstić information content (AvgIpc) is 2.87. The van der Waals surface area contributed by atoms with Crippen molar-refractivity contribution in [3.8, 4) is 0 Å². The molecule has 0 amide bonds. The van der Waals surface area contributed by atoms with Gasteiger partial charge in [0, 0.05) is 11.6 Å². The van der Waals surface area contributed by atoms with Crippen molar-refractivity contribution in [2.75, 3.05) is 0 Å². The van der Waals surface area contributed by atoms with Crippen LogP contribution in [0.25, 0.3) is 22.4 Å². The van der Waals surface area contributed by atoms with Crippen LogP contribution in [0.4, 0.5) is 4.39 Å². The maximum Gasteiger partial charge on any atom is 0.150 e. The summed E-state index contributed by atoms with van der Waals surface area (Å²) in [5.74, 6) is -0.281. The number of aromatic nitrogens is 1. The Hall–Kier alpha value is -2.33. The highest BCUT2D eigenvalue weighted by atomic mass is 32.1. The first-order valence-corrected chi connectivity index (χ1v) is 6.86. The summed E-state index contributed by atoms with van der Waals surface area (Å²) < 4.78 is 14.0. The van der Waals surface area contributed by atoms with E-state index in [9.17, 15) is 9.18 Å². The van der Waals surface area contributed by atoms with Gasteiger partial charge in [0.05, 0.1) is 10.2 Å². The number of fused-ring (bicyclic) bond motifs is 1. The molecule has 1 aromatic heterocycles. The van der Waals surface area contributed by atoms with E-state index in [1.807, 2.05) is 24.3 Å². The van der Waals surface area contributed by atoms with Crippen LogP contribution in [0.15, 0.2) is 42.5 Å². The van der Waals surface area contributed by atoms with Crippen molar-refractivity contribution in [3.63, 3.8) is 0 Å². The second kappa shape index (κ2) is 5.35. The molecule has 20 heavy (non-hydrogen) atoms. The van der Waals surface area contributed by atoms with Gasteiger partial charge in [-0.1, -0.05) is 24.3 Å². The minimum Gasteiger partial charge on any atom is -0.298 e. The zero-order chi connectivity index (χ0) is 13.9. The van der Waals surface area contributed by atoms with Gasteiger partial charge in [0.15, 0.2) is 0 Å². The molecule has 0 bridgehead atoms. The van der Waals surface area contributed by atoms with Crippen molar-refractivity contribution in [3.05, 3.63) is 64.4 Å². The molecule has 0 spiro atoms. The molecule has 0 fully saturated rings. The lowest BCUT2D eigenvalue weighted by Gasteiger charge is -1.93. The summed E-state index contributed by atoms with van der Waals surface area (Å²) in [6, 6.07) is 11.9. The highest BCUT2D eigenvalue weighted by molar-refractivity contribution is 7.19. The summed E-state index contributed by atoms with van der Waals surface area (Å²) in [6.07, 6.45) is 4.57. The van der Waals surface area contributed by atoms with Gasteiger partial charge < -0.3 is 0 Å². The van der Waals surface area contributed by atoms with Crippen LogP contribution in [0, 0.1) is 5.82 Å². The van der Waals surface area contributed by atoms with Crippen molar-refractivity contribution >= 4 is 40.0 Å². The smallest absolute Gasteiger partial charge is 0.150 e. The highest BCUT2D eigenvalue weighted by Gasteiger charge is 2.02. The molecule has 0 aliphatic carbocycles. The Balaban J connectivity index is 1.91. The summed E-state index contributed by atoms with van der Waals surface area (Å²) >= 11 is 1.50. The van der Waals surface area contributed by atoms with Gasteiger partial charge in [0.2, 0.25) is 0 Å². The molecule has 0 saturated heterocycles. The van der Waals surface area contributed by atoms with E-state index in [0.717, 1.165) is 21.6 Å². The fourth-order valence-corrected chi connectivity index (χ4v) is 2.74. The molecule has 1 heterocycles. The second-order valence-corrected chi connectivity index (χ2v) is 5.35. The molecule has 2 aromatic carbocycles. The van der Waals surface area contributed by atoms with Crippen molar-refractivity contribution in [2.45, 2.75) is 0 Å². The Labute approximate surface area is 119 Å². The maximum absolute atomic E-state index is 13.1. The zero-order valence-electron chi connectivity index (χ0n) is 10.4. The first kappa shape index (κ1) is 12.7. The molecule has 0 aliphatic heterocycles. The van der Waals surface area contributed by atoms with Gasteiger partial charge in [-0.05, 0) is 29.8 Å². The number of rotatable bonds is 3. The summed E-state index contributed by atoms with van der Waals surface area (Å²) in [5.41, 5.74) is 2.23. The lowest BCUT2D eigenvalue weighted by Crippen LogP contribution is -1.79. The van der Waals surface area contributed by atoms with E-state index < -0.39 is 0 Å². The molecular formula is C16H10FNOS. The Morgan fingerprint density at radius 1 is 1.05 bits per heavy atom. The topological polar surface area (TPSA) is 30.0 Å². The van der Waals surface area contributed by atoms with Gasteiger partial charge >= 0.3 is 0 Å². The number of nitrogens with zero attached hydrogens (tertiary/aromatic N) is 1.